The summed E-state index contributed by atoms with van der Waals surface area (Å²) < 4.78 is 11.0. The summed E-state index contributed by atoms with van der Waals surface area (Å²) in [5.74, 6) is 0.479. The van der Waals surface area contributed by atoms with E-state index in [0.717, 1.165) is 5.56 Å². The van der Waals surface area contributed by atoms with Gasteiger partial charge in [0.25, 0.3) is 11.8 Å². The molecule has 0 saturated heterocycles. The maximum absolute atomic E-state index is 13.1. The van der Waals surface area contributed by atoms with Crippen LogP contribution in [0.4, 0.5) is 5.69 Å². The lowest BCUT2D eigenvalue weighted by Gasteiger charge is -2.33. The van der Waals surface area contributed by atoms with Crippen LogP contribution < -0.4 is 14.4 Å². The molecule has 0 fully saturated rings. The first kappa shape index (κ1) is 17.7. The number of allylic oxidation sites excluding steroid dienone is 1. The maximum Gasteiger partial charge on any atom is 0.275 e. The fourth-order valence-corrected chi connectivity index (χ4v) is 2.94. The Morgan fingerprint density at radius 3 is 2.58 bits per heavy atom. The molecule has 1 aliphatic heterocycles. The third-order valence-corrected chi connectivity index (χ3v) is 4.28. The SMILES string of the molecule is CC=Cc1cccc2c1OC(CC)C(=O)N2C(=O)c1ccc(OC)cc1. The number of hydrogen-bond donors (Lipinski definition) is 0. The van der Waals surface area contributed by atoms with Crippen LogP contribution in [0.3, 0.4) is 0 Å². The van der Waals surface area contributed by atoms with E-state index >= 15 is 0 Å². The van der Waals surface area contributed by atoms with Gasteiger partial charge in [-0.15, -0.1) is 0 Å². The van der Waals surface area contributed by atoms with Crippen LogP contribution in [0.1, 0.15) is 36.2 Å². The number of para-hydroxylation sites is 1. The molecule has 0 saturated carbocycles. The fourth-order valence-electron chi connectivity index (χ4n) is 2.94. The Bertz CT molecular complexity index is 855. The van der Waals surface area contributed by atoms with Gasteiger partial charge >= 0.3 is 0 Å². The molecule has 2 aromatic carbocycles. The smallest absolute Gasteiger partial charge is 0.275 e. The van der Waals surface area contributed by atoms with Crippen molar-refractivity contribution in [1.29, 1.82) is 0 Å². The zero-order valence-corrected chi connectivity index (χ0v) is 15.1. The Kier molecular flexibility index (Phi) is 5.07. The number of hydrogen-bond acceptors (Lipinski definition) is 4. The van der Waals surface area contributed by atoms with Gasteiger partial charge in [0.05, 0.1) is 12.8 Å². The van der Waals surface area contributed by atoms with E-state index in [1.807, 2.05) is 38.1 Å². The first-order valence-corrected chi connectivity index (χ1v) is 8.55. The Labute approximate surface area is 152 Å². The van der Waals surface area contributed by atoms with Crippen LogP contribution in [0.2, 0.25) is 0 Å². The third kappa shape index (κ3) is 3.08. The fraction of sp³-hybridized carbons (Fsp3) is 0.238. The first-order chi connectivity index (χ1) is 12.6. The number of methoxy groups -OCH3 is 1. The van der Waals surface area contributed by atoms with Crippen molar-refractivity contribution in [1.82, 2.24) is 0 Å². The number of carbonyl (C=O) groups excluding carboxylic acids is 2. The molecule has 5 nitrogen and oxygen atoms in total. The van der Waals surface area contributed by atoms with E-state index in [-0.39, 0.29) is 11.8 Å². The summed E-state index contributed by atoms with van der Waals surface area (Å²) in [5.41, 5.74) is 1.72. The van der Waals surface area contributed by atoms with Crippen LogP contribution in [0.5, 0.6) is 11.5 Å². The highest BCUT2D eigenvalue weighted by molar-refractivity contribution is 6.23. The van der Waals surface area contributed by atoms with E-state index < -0.39 is 6.10 Å². The average molecular weight is 351 g/mol. The minimum atomic E-state index is -0.684. The van der Waals surface area contributed by atoms with Crippen LogP contribution in [0, 0.1) is 0 Å². The molecule has 1 aliphatic rings. The third-order valence-electron chi connectivity index (χ3n) is 4.28. The Hall–Kier alpha value is -3.08. The molecule has 2 aromatic rings. The van der Waals surface area contributed by atoms with Crippen LogP contribution in [0.25, 0.3) is 6.08 Å². The number of ether oxygens (including phenoxy) is 2. The number of fused-ring (bicyclic) bond motifs is 1. The monoisotopic (exact) mass is 351 g/mol. The number of carbonyl (C=O) groups is 2. The molecular weight excluding hydrogens is 330 g/mol. The van der Waals surface area contributed by atoms with Crippen LogP contribution in [-0.4, -0.2) is 25.0 Å². The van der Waals surface area contributed by atoms with Crippen molar-refractivity contribution in [3.05, 3.63) is 59.7 Å². The number of rotatable bonds is 4. The van der Waals surface area contributed by atoms with Gasteiger partial charge in [-0.3, -0.25) is 9.59 Å². The number of nitrogens with zero attached hydrogens (tertiary/aromatic N) is 1. The quantitative estimate of drug-likeness (QED) is 0.779. The Morgan fingerprint density at radius 2 is 1.96 bits per heavy atom. The molecule has 0 radical (unpaired) electrons. The van der Waals surface area contributed by atoms with Gasteiger partial charge in [-0.1, -0.05) is 31.2 Å². The van der Waals surface area contributed by atoms with Gasteiger partial charge in [0, 0.05) is 11.1 Å². The lowest BCUT2D eigenvalue weighted by molar-refractivity contribution is -0.125. The lowest BCUT2D eigenvalue weighted by Crippen LogP contribution is -2.48. The van der Waals surface area contributed by atoms with Crippen molar-refractivity contribution >= 4 is 23.6 Å². The van der Waals surface area contributed by atoms with Crippen LogP contribution in [0.15, 0.2) is 48.5 Å². The standard InChI is InChI=1S/C21H21NO4/c1-4-7-14-8-6-9-17-19(14)26-18(5-2)21(24)22(17)20(23)15-10-12-16(25-3)13-11-15/h4,6-13,18H,5H2,1-3H3. The van der Waals surface area contributed by atoms with Gasteiger partial charge in [-0.25, -0.2) is 4.90 Å². The second kappa shape index (κ2) is 7.44. The highest BCUT2D eigenvalue weighted by Gasteiger charge is 2.38. The number of imide groups is 1. The molecule has 134 valence electrons. The molecule has 26 heavy (non-hydrogen) atoms. The summed E-state index contributed by atoms with van der Waals surface area (Å²) in [6.07, 6.45) is 3.59. The molecular formula is C21H21NO4. The van der Waals surface area contributed by atoms with Gasteiger partial charge in [-0.2, -0.15) is 0 Å². The number of benzene rings is 2. The van der Waals surface area contributed by atoms with Crippen LogP contribution in [-0.2, 0) is 4.79 Å². The predicted molar refractivity (Wildman–Crippen MR) is 101 cm³/mol. The Balaban J connectivity index is 2.09. The number of amides is 2. The van der Waals surface area contributed by atoms with Crippen molar-refractivity contribution in [3.8, 4) is 11.5 Å². The summed E-state index contributed by atoms with van der Waals surface area (Å²) in [7, 11) is 1.56. The summed E-state index contributed by atoms with van der Waals surface area (Å²) in [4.78, 5) is 27.2. The molecule has 5 heteroatoms. The summed E-state index contributed by atoms with van der Waals surface area (Å²) in [6.45, 7) is 3.77. The largest absolute Gasteiger partial charge is 0.497 e. The van der Waals surface area contributed by atoms with E-state index in [2.05, 4.69) is 0 Å². The molecule has 0 spiro atoms. The van der Waals surface area contributed by atoms with Crippen molar-refractivity contribution in [2.24, 2.45) is 0 Å². The molecule has 2 amide bonds. The Morgan fingerprint density at radius 1 is 1.23 bits per heavy atom. The summed E-state index contributed by atoms with van der Waals surface area (Å²) in [6, 6.07) is 12.1. The molecule has 0 bridgehead atoms. The van der Waals surface area contributed by atoms with Crippen molar-refractivity contribution < 1.29 is 19.1 Å². The maximum atomic E-state index is 13.1. The second-order valence-electron chi connectivity index (χ2n) is 5.92. The van der Waals surface area contributed by atoms with Crippen molar-refractivity contribution in [2.75, 3.05) is 12.0 Å². The van der Waals surface area contributed by atoms with Crippen molar-refractivity contribution in [2.45, 2.75) is 26.4 Å². The predicted octanol–water partition coefficient (Wildman–Crippen LogP) is 4.07. The normalized spacial score (nSPS) is 16.3. The molecule has 3 rings (SSSR count). The van der Waals surface area contributed by atoms with Crippen molar-refractivity contribution in [3.63, 3.8) is 0 Å². The van der Waals surface area contributed by atoms with E-state index in [1.165, 1.54) is 4.90 Å². The minimum Gasteiger partial charge on any atom is -0.497 e. The van der Waals surface area contributed by atoms with Crippen LogP contribution >= 0.6 is 0 Å². The van der Waals surface area contributed by atoms with Gasteiger partial charge in [0.1, 0.15) is 5.75 Å². The lowest BCUT2D eigenvalue weighted by atomic mass is 10.1. The molecule has 1 heterocycles. The summed E-state index contributed by atoms with van der Waals surface area (Å²) in [5, 5.41) is 0. The number of anilines is 1. The van der Waals surface area contributed by atoms with E-state index in [4.69, 9.17) is 9.47 Å². The molecule has 0 aromatic heterocycles. The van der Waals surface area contributed by atoms with E-state index in [0.29, 0.717) is 29.2 Å². The van der Waals surface area contributed by atoms with Gasteiger partial charge in [0.2, 0.25) is 0 Å². The topological polar surface area (TPSA) is 55.8 Å². The summed E-state index contributed by atoms with van der Waals surface area (Å²) >= 11 is 0. The minimum absolute atomic E-state index is 0.349. The highest BCUT2D eigenvalue weighted by Crippen LogP contribution is 2.39. The van der Waals surface area contributed by atoms with E-state index in [1.54, 1.807) is 37.4 Å². The second-order valence-corrected chi connectivity index (χ2v) is 5.92. The zero-order valence-electron chi connectivity index (χ0n) is 15.1. The van der Waals surface area contributed by atoms with E-state index in [9.17, 15) is 9.59 Å². The van der Waals surface area contributed by atoms with Gasteiger partial charge < -0.3 is 9.47 Å². The molecule has 0 N–H and O–H groups in total. The van der Waals surface area contributed by atoms with Gasteiger partial charge in [-0.05, 0) is 43.7 Å². The highest BCUT2D eigenvalue weighted by atomic mass is 16.5. The first-order valence-electron chi connectivity index (χ1n) is 8.55. The molecule has 0 aliphatic carbocycles. The average Bonchev–Trinajstić information content (AvgIpc) is 2.67. The van der Waals surface area contributed by atoms with Gasteiger partial charge in [0.15, 0.2) is 11.9 Å². The molecule has 1 unspecified atom stereocenters. The molecule has 1 atom stereocenters. The zero-order chi connectivity index (χ0) is 18.7.